The second-order valence-corrected chi connectivity index (χ2v) is 1.99. The van der Waals surface area contributed by atoms with Gasteiger partial charge in [-0.25, -0.2) is 0 Å². The lowest BCUT2D eigenvalue weighted by Gasteiger charge is -1.94. The summed E-state index contributed by atoms with van der Waals surface area (Å²) in [6.07, 6.45) is 4.06. The first-order valence-electron chi connectivity index (χ1n) is 3.09. The number of nitrogens with zero attached hydrogens (tertiary/aromatic N) is 1. The zero-order chi connectivity index (χ0) is 7.40. The van der Waals surface area contributed by atoms with E-state index in [1.54, 1.807) is 0 Å². The highest BCUT2D eigenvalue weighted by atomic mass is 16.5. The van der Waals surface area contributed by atoms with Gasteiger partial charge in [-0.05, 0) is 6.08 Å². The van der Waals surface area contributed by atoms with Crippen molar-refractivity contribution in [1.82, 2.24) is 0 Å². The molecule has 3 nitrogen and oxygen atoms in total. The molecule has 0 aliphatic carbocycles. The van der Waals surface area contributed by atoms with Crippen molar-refractivity contribution in [3.05, 3.63) is 12.2 Å². The molecule has 0 N–H and O–H groups in total. The van der Waals surface area contributed by atoms with E-state index < -0.39 is 0 Å². The zero-order valence-electron chi connectivity index (χ0n) is 5.83. The molecule has 0 unspecified atom stereocenters. The number of hydrogen-bond donors (Lipinski definition) is 0. The van der Waals surface area contributed by atoms with Crippen LogP contribution in [0.1, 0.15) is 6.42 Å². The Hall–Kier alpha value is -1.12. The molecule has 1 rings (SSSR count). The Kier molecular flexibility index (Phi) is 2.20. The number of rotatable bonds is 2. The maximum Gasteiger partial charge on any atom is 0.311 e. The Morgan fingerprint density at radius 1 is 1.90 bits per heavy atom. The van der Waals surface area contributed by atoms with Crippen molar-refractivity contribution in [2.45, 2.75) is 6.42 Å². The molecule has 0 atom stereocenters. The minimum atomic E-state index is -0.231. The van der Waals surface area contributed by atoms with Crippen molar-refractivity contribution in [2.75, 3.05) is 13.7 Å². The summed E-state index contributed by atoms with van der Waals surface area (Å²) in [6.45, 7) is 0.701. The molecule has 1 aliphatic heterocycles. The molecule has 0 amide bonds. The number of methoxy groups -OCH3 is 1. The maximum atomic E-state index is 10.6. The lowest BCUT2D eigenvalue weighted by molar-refractivity contribution is -0.139. The van der Waals surface area contributed by atoms with Gasteiger partial charge in [-0.3, -0.25) is 9.79 Å². The number of esters is 1. The summed E-state index contributed by atoms with van der Waals surface area (Å²) in [7, 11) is 1.38. The summed E-state index contributed by atoms with van der Waals surface area (Å²) >= 11 is 0. The smallest absolute Gasteiger partial charge is 0.311 e. The fourth-order valence-corrected chi connectivity index (χ4v) is 0.746. The molecule has 10 heavy (non-hydrogen) atoms. The van der Waals surface area contributed by atoms with Gasteiger partial charge in [0.25, 0.3) is 0 Å². The zero-order valence-corrected chi connectivity index (χ0v) is 5.83. The van der Waals surface area contributed by atoms with Crippen LogP contribution >= 0.6 is 0 Å². The molecule has 0 aromatic carbocycles. The van der Waals surface area contributed by atoms with Crippen LogP contribution in [0.4, 0.5) is 0 Å². The number of hydrogen-bond acceptors (Lipinski definition) is 3. The van der Waals surface area contributed by atoms with Crippen LogP contribution in [0.25, 0.3) is 0 Å². The van der Waals surface area contributed by atoms with Gasteiger partial charge in [-0.2, -0.15) is 0 Å². The summed E-state index contributed by atoms with van der Waals surface area (Å²) in [5.74, 6) is -0.231. The van der Waals surface area contributed by atoms with Gasteiger partial charge in [0.1, 0.15) is 0 Å². The van der Waals surface area contributed by atoms with Gasteiger partial charge in [0, 0.05) is 5.71 Å². The molecule has 0 bridgehead atoms. The van der Waals surface area contributed by atoms with Crippen molar-refractivity contribution >= 4 is 11.7 Å². The Morgan fingerprint density at radius 3 is 3.20 bits per heavy atom. The maximum absolute atomic E-state index is 10.6. The predicted molar refractivity (Wildman–Crippen MR) is 38.1 cm³/mol. The van der Waals surface area contributed by atoms with Crippen LogP contribution in [-0.2, 0) is 9.53 Å². The molecule has 0 aromatic rings. The van der Waals surface area contributed by atoms with Gasteiger partial charge < -0.3 is 4.74 Å². The first-order chi connectivity index (χ1) is 4.83. The quantitative estimate of drug-likeness (QED) is 0.524. The standard InChI is InChI=1S/C7H9NO2/c1-10-7(9)5-6-3-2-4-8-6/h2-3H,4-5H2,1H3. The van der Waals surface area contributed by atoms with E-state index >= 15 is 0 Å². The third-order valence-electron chi connectivity index (χ3n) is 1.26. The highest BCUT2D eigenvalue weighted by molar-refractivity contribution is 6.06. The Bertz CT molecular complexity index is 194. The van der Waals surface area contributed by atoms with Crippen LogP contribution in [0.2, 0.25) is 0 Å². The van der Waals surface area contributed by atoms with Crippen LogP contribution in [0.5, 0.6) is 0 Å². The lowest BCUT2D eigenvalue weighted by Crippen LogP contribution is -2.05. The topological polar surface area (TPSA) is 38.7 Å². The van der Waals surface area contributed by atoms with E-state index in [2.05, 4.69) is 9.73 Å². The van der Waals surface area contributed by atoms with E-state index in [4.69, 9.17) is 0 Å². The third kappa shape index (κ3) is 1.69. The van der Waals surface area contributed by atoms with E-state index in [1.807, 2.05) is 12.2 Å². The average molecular weight is 139 g/mol. The second kappa shape index (κ2) is 3.15. The van der Waals surface area contributed by atoms with E-state index in [9.17, 15) is 4.79 Å². The summed E-state index contributed by atoms with van der Waals surface area (Å²) in [4.78, 5) is 14.7. The SMILES string of the molecule is COC(=O)CC1=NCC=C1. The van der Waals surface area contributed by atoms with Crippen molar-refractivity contribution < 1.29 is 9.53 Å². The Morgan fingerprint density at radius 2 is 2.70 bits per heavy atom. The molecule has 0 aromatic heterocycles. The fourth-order valence-electron chi connectivity index (χ4n) is 0.746. The van der Waals surface area contributed by atoms with Crippen molar-refractivity contribution in [2.24, 2.45) is 4.99 Å². The van der Waals surface area contributed by atoms with Crippen molar-refractivity contribution in [1.29, 1.82) is 0 Å². The van der Waals surface area contributed by atoms with Gasteiger partial charge in [-0.1, -0.05) is 6.08 Å². The fraction of sp³-hybridized carbons (Fsp3) is 0.429. The highest BCUT2D eigenvalue weighted by Crippen LogP contribution is 1.98. The number of aliphatic imine (C=N–C) groups is 1. The molecule has 0 saturated heterocycles. The second-order valence-electron chi connectivity index (χ2n) is 1.99. The monoisotopic (exact) mass is 139 g/mol. The van der Waals surface area contributed by atoms with Gasteiger partial charge >= 0.3 is 5.97 Å². The van der Waals surface area contributed by atoms with Gasteiger partial charge in [0.2, 0.25) is 0 Å². The van der Waals surface area contributed by atoms with Crippen molar-refractivity contribution in [3.8, 4) is 0 Å². The third-order valence-corrected chi connectivity index (χ3v) is 1.26. The predicted octanol–water partition coefficient (Wildman–Crippen LogP) is 0.560. The summed E-state index contributed by atoms with van der Waals surface area (Å²) in [5, 5.41) is 0. The Labute approximate surface area is 59.4 Å². The molecule has 1 aliphatic rings. The molecule has 0 saturated carbocycles. The van der Waals surface area contributed by atoms with Crippen LogP contribution in [0, 0.1) is 0 Å². The molecule has 0 radical (unpaired) electrons. The van der Waals surface area contributed by atoms with Gasteiger partial charge in [0.05, 0.1) is 20.1 Å². The molecule has 3 heteroatoms. The number of carbonyl (C=O) groups excluding carboxylic acids is 1. The lowest BCUT2D eigenvalue weighted by atomic mass is 10.3. The normalized spacial score (nSPS) is 15.1. The van der Waals surface area contributed by atoms with Crippen LogP contribution < -0.4 is 0 Å². The molecule has 0 spiro atoms. The van der Waals surface area contributed by atoms with Gasteiger partial charge in [0.15, 0.2) is 0 Å². The summed E-state index contributed by atoms with van der Waals surface area (Å²) < 4.78 is 4.46. The molecule has 54 valence electrons. The minimum Gasteiger partial charge on any atom is -0.469 e. The van der Waals surface area contributed by atoms with Crippen molar-refractivity contribution in [3.63, 3.8) is 0 Å². The number of allylic oxidation sites excluding steroid dienone is 1. The van der Waals surface area contributed by atoms with Crippen LogP contribution in [-0.4, -0.2) is 25.3 Å². The van der Waals surface area contributed by atoms with Crippen LogP contribution in [0.15, 0.2) is 17.1 Å². The molecular formula is C7H9NO2. The minimum absolute atomic E-state index is 0.231. The van der Waals surface area contributed by atoms with E-state index in [0.717, 1.165) is 5.71 Å². The van der Waals surface area contributed by atoms with Gasteiger partial charge in [-0.15, -0.1) is 0 Å². The van der Waals surface area contributed by atoms with Crippen LogP contribution in [0.3, 0.4) is 0 Å². The Balaban J connectivity index is 2.38. The van der Waals surface area contributed by atoms with E-state index in [-0.39, 0.29) is 5.97 Å². The average Bonchev–Trinajstić information content (AvgIpc) is 2.40. The highest BCUT2D eigenvalue weighted by Gasteiger charge is 2.05. The first-order valence-corrected chi connectivity index (χ1v) is 3.09. The number of ether oxygens (including phenoxy) is 1. The summed E-state index contributed by atoms with van der Waals surface area (Å²) in [5.41, 5.74) is 0.812. The molecular weight excluding hydrogens is 130 g/mol. The summed E-state index contributed by atoms with van der Waals surface area (Å²) in [6, 6.07) is 0. The van der Waals surface area contributed by atoms with E-state index in [0.29, 0.717) is 13.0 Å². The first kappa shape index (κ1) is 6.99. The largest absolute Gasteiger partial charge is 0.469 e. The molecule has 0 fully saturated rings. The molecule has 1 heterocycles. The van der Waals surface area contributed by atoms with E-state index in [1.165, 1.54) is 7.11 Å². The number of carbonyl (C=O) groups is 1.